The lowest BCUT2D eigenvalue weighted by atomic mass is 10.1. The maximum atomic E-state index is 13.0. The molecule has 29 heavy (non-hydrogen) atoms. The van der Waals surface area contributed by atoms with Crippen molar-refractivity contribution in [1.82, 2.24) is 19.7 Å². The molecule has 0 spiro atoms. The predicted octanol–water partition coefficient (Wildman–Crippen LogP) is 4.32. The second kappa shape index (κ2) is 8.42. The van der Waals surface area contributed by atoms with Crippen LogP contribution in [0.15, 0.2) is 29.7 Å². The number of aromatic nitrogens is 4. The summed E-state index contributed by atoms with van der Waals surface area (Å²) in [6.07, 6.45) is 1.58. The molecule has 0 fully saturated rings. The van der Waals surface area contributed by atoms with Crippen molar-refractivity contribution >= 4 is 35.1 Å². The van der Waals surface area contributed by atoms with Crippen LogP contribution in [0.1, 0.15) is 44.6 Å². The molecule has 2 heterocycles. The van der Waals surface area contributed by atoms with E-state index in [4.69, 9.17) is 16.3 Å². The number of aryl methyl sites for hydroxylation is 2. The van der Waals surface area contributed by atoms with E-state index in [1.807, 2.05) is 25.1 Å². The summed E-state index contributed by atoms with van der Waals surface area (Å²) in [5, 5.41) is 8.87. The van der Waals surface area contributed by atoms with Gasteiger partial charge in [0.05, 0.1) is 29.3 Å². The van der Waals surface area contributed by atoms with Gasteiger partial charge in [0.15, 0.2) is 10.9 Å². The molecule has 3 aromatic rings. The largest absolute Gasteiger partial charge is 0.465 e. The molecule has 1 atom stereocenters. The van der Waals surface area contributed by atoms with Crippen LogP contribution >= 0.6 is 23.4 Å². The highest BCUT2D eigenvalue weighted by atomic mass is 35.5. The van der Waals surface area contributed by atoms with Crippen LogP contribution in [-0.2, 0) is 4.74 Å². The van der Waals surface area contributed by atoms with Crippen LogP contribution in [0.3, 0.4) is 0 Å². The number of aromatic amines is 1. The van der Waals surface area contributed by atoms with E-state index in [1.54, 1.807) is 31.7 Å². The molecule has 0 aliphatic heterocycles. The zero-order chi connectivity index (χ0) is 21.3. The number of benzene rings is 1. The van der Waals surface area contributed by atoms with E-state index < -0.39 is 11.2 Å². The minimum atomic E-state index is -0.466. The molecule has 9 heteroatoms. The zero-order valence-corrected chi connectivity index (χ0v) is 18.3. The molecule has 0 saturated heterocycles. The number of ketones is 1. The molecule has 1 aromatic carbocycles. The topological polar surface area (TPSA) is 89.9 Å². The number of hydrogen-bond donors (Lipinski definition) is 1. The molecule has 0 aliphatic rings. The van der Waals surface area contributed by atoms with Gasteiger partial charge in [-0.2, -0.15) is 0 Å². The van der Waals surface area contributed by atoms with Gasteiger partial charge in [0, 0.05) is 10.7 Å². The minimum Gasteiger partial charge on any atom is -0.465 e. The number of esters is 1. The fourth-order valence-corrected chi connectivity index (χ4v) is 4.11. The molecule has 0 radical (unpaired) electrons. The van der Waals surface area contributed by atoms with Crippen LogP contribution in [0, 0.1) is 20.8 Å². The Morgan fingerprint density at radius 2 is 2.00 bits per heavy atom. The summed E-state index contributed by atoms with van der Waals surface area (Å²) in [5.74, 6) is -0.603. The molecule has 1 N–H and O–H groups in total. The van der Waals surface area contributed by atoms with Gasteiger partial charge >= 0.3 is 5.97 Å². The fourth-order valence-electron chi connectivity index (χ4n) is 3.03. The Hall–Kier alpha value is -2.58. The smallest absolute Gasteiger partial charge is 0.339 e. The van der Waals surface area contributed by atoms with Crippen molar-refractivity contribution in [2.75, 3.05) is 7.11 Å². The number of nitrogens with one attached hydrogen (secondary N) is 1. The normalized spacial score (nSPS) is 12.1. The van der Waals surface area contributed by atoms with Crippen molar-refractivity contribution in [2.24, 2.45) is 0 Å². The van der Waals surface area contributed by atoms with Crippen molar-refractivity contribution < 1.29 is 14.3 Å². The number of carbonyl (C=O) groups excluding carboxylic acids is 2. The van der Waals surface area contributed by atoms with E-state index in [0.717, 1.165) is 11.3 Å². The molecular weight excluding hydrogens is 412 g/mol. The van der Waals surface area contributed by atoms with Crippen LogP contribution in [0.2, 0.25) is 5.02 Å². The van der Waals surface area contributed by atoms with E-state index in [-0.39, 0.29) is 5.78 Å². The second-order valence-electron chi connectivity index (χ2n) is 6.66. The number of carbonyl (C=O) groups is 2. The Morgan fingerprint density at radius 1 is 1.28 bits per heavy atom. The van der Waals surface area contributed by atoms with Gasteiger partial charge in [-0.1, -0.05) is 29.4 Å². The Labute approximate surface area is 177 Å². The quantitative estimate of drug-likeness (QED) is 0.354. The average molecular weight is 433 g/mol. The third-order valence-electron chi connectivity index (χ3n) is 4.67. The Morgan fingerprint density at radius 3 is 2.66 bits per heavy atom. The molecule has 152 valence electrons. The lowest BCUT2D eigenvalue weighted by Gasteiger charge is -2.12. The first-order valence-corrected chi connectivity index (χ1v) is 10.1. The van der Waals surface area contributed by atoms with Crippen molar-refractivity contribution in [3.8, 4) is 5.69 Å². The van der Waals surface area contributed by atoms with Gasteiger partial charge in [0.25, 0.3) is 0 Å². The average Bonchev–Trinajstić information content (AvgIpc) is 3.26. The third-order valence-corrected chi connectivity index (χ3v) is 6.14. The van der Waals surface area contributed by atoms with E-state index in [2.05, 4.69) is 15.2 Å². The molecule has 3 rings (SSSR count). The van der Waals surface area contributed by atoms with E-state index >= 15 is 0 Å². The van der Waals surface area contributed by atoms with Crippen LogP contribution in [0.5, 0.6) is 0 Å². The van der Waals surface area contributed by atoms with Crippen molar-refractivity contribution in [3.63, 3.8) is 0 Å². The fraction of sp³-hybridized carbons (Fsp3) is 0.300. The van der Waals surface area contributed by atoms with Gasteiger partial charge in [-0.25, -0.2) is 4.79 Å². The summed E-state index contributed by atoms with van der Waals surface area (Å²) in [6, 6.07) is 5.67. The maximum Gasteiger partial charge on any atom is 0.339 e. The van der Waals surface area contributed by atoms with Gasteiger partial charge in [0.2, 0.25) is 0 Å². The molecule has 1 unspecified atom stereocenters. The van der Waals surface area contributed by atoms with Crippen molar-refractivity contribution in [1.29, 1.82) is 0 Å². The summed E-state index contributed by atoms with van der Waals surface area (Å²) >= 11 is 7.52. The highest BCUT2D eigenvalue weighted by Crippen LogP contribution is 2.29. The van der Waals surface area contributed by atoms with E-state index in [1.165, 1.54) is 18.9 Å². The first-order chi connectivity index (χ1) is 13.7. The number of ether oxygens (including phenoxy) is 1. The van der Waals surface area contributed by atoms with E-state index in [9.17, 15) is 9.59 Å². The minimum absolute atomic E-state index is 0.137. The molecule has 7 nitrogen and oxygen atoms in total. The number of rotatable bonds is 6. The lowest BCUT2D eigenvalue weighted by molar-refractivity contribution is 0.0599. The van der Waals surface area contributed by atoms with Crippen molar-refractivity contribution in [2.45, 2.75) is 38.1 Å². The number of halogens is 1. The Balaban J connectivity index is 1.86. The lowest BCUT2D eigenvalue weighted by Crippen LogP contribution is -2.16. The summed E-state index contributed by atoms with van der Waals surface area (Å²) in [7, 11) is 1.32. The van der Waals surface area contributed by atoms with Crippen LogP contribution in [-0.4, -0.2) is 43.9 Å². The zero-order valence-electron chi connectivity index (χ0n) is 16.7. The summed E-state index contributed by atoms with van der Waals surface area (Å²) in [4.78, 5) is 28.0. The van der Waals surface area contributed by atoms with Crippen LogP contribution in [0.25, 0.3) is 5.69 Å². The Kier molecular flexibility index (Phi) is 6.14. The third kappa shape index (κ3) is 4.09. The first-order valence-electron chi connectivity index (χ1n) is 8.89. The number of H-pyrrole nitrogens is 1. The monoisotopic (exact) mass is 432 g/mol. The van der Waals surface area contributed by atoms with E-state index in [0.29, 0.717) is 32.7 Å². The number of thioether (sulfide) groups is 1. The number of nitrogens with zero attached hydrogens (tertiary/aromatic N) is 3. The SMILES string of the molecule is COC(=O)c1c(C)[nH]c(C(=O)C(C)Sc2nncn2-c2ccc(C)c(Cl)c2)c1C. The molecule has 0 amide bonds. The standard InChI is InChI=1S/C20H21ClN4O3S/c1-10-6-7-14(8-15(10)21)25-9-22-24-20(25)29-13(4)18(26)17-11(2)16(12(3)23-17)19(27)28-5/h6-9,13,23H,1-5H3. The van der Waals surface area contributed by atoms with Gasteiger partial charge in [-0.3, -0.25) is 9.36 Å². The molecule has 0 bridgehead atoms. The van der Waals surface area contributed by atoms with Gasteiger partial charge in [0.1, 0.15) is 6.33 Å². The molecule has 2 aromatic heterocycles. The number of hydrogen-bond acceptors (Lipinski definition) is 6. The maximum absolute atomic E-state index is 13.0. The molecular formula is C20H21ClN4O3S. The van der Waals surface area contributed by atoms with Gasteiger partial charge < -0.3 is 9.72 Å². The number of methoxy groups -OCH3 is 1. The first kappa shape index (κ1) is 21.1. The number of Topliss-reactive ketones (excluding diaryl/α,β-unsaturated/α-hetero) is 1. The predicted molar refractivity (Wildman–Crippen MR) is 112 cm³/mol. The highest BCUT2D eigenvalue weighted by Gasteiger charge is 2.27. The van der Waals surface area contributed by atoms with Gasteiger partial charge in [-0.05, 0) is 51.0 Å². The summed E-state index contributed by atoms with van der Waals surface area (Å²) in [5.41, 5.74) is 3.76. The van der Waals surface area contributed by atoms with Gasteiger partial charge in [-0.15, -0.1) is 10.2 Å². The summed E-state index contributed by atoms with van der Waals surface area (Å²) in [6.45, 7) is 7.20. The molecule has 0 aliphatic carbocycles. The van der Waals surface area contributed by atoms with Crippen molar-refractivity contribution in [3.05, 3.63) is 57.6 Å². The molecule has 0 saturated carbocycles. The van der Waals surface area contributed by atoms with Crippen LogP contribution < -0.4 is 0 Å². The van der Waals surface area contributed by atoms with Crippen LogP contribution in [0.4, 0.5) is 0 Å². The Bertz CT molecular complexity index is 1090. The second-order valence-corrected chi connectivity index (χ2v) is 8.37. The summed E-state index contributed by atoms with van der Waals surface area (Å²) < 4.78 is 6.60. The highest BCUT2D eigenvalue weighted by molar-refractivity contribution is 8.00.